The second-order valence-corrected chi connectivity index (χ2v) is 7.09. The predicted octanol–water partition coefficient (Wildman–Crippen LogP) is 5.27. The van der Waals surface area contributed by atoms with Crippen LogP contribution in [0.5, 0.6) is 5.75 Å². The average molecular weight is 362 g/mol. The van der Waals surface area contributed by atoms with Gasteiger partial charge in [0.25, 0.3) is 5.91 Å². The average Bonchev–Trinajstić information content (AvgIpc) is 3.09. The van der Waals surface area contributed by atoms with Gasteiger partial charge in [0, 0.05) is 22.5 Å². The van der Waals surface area contributed by atoms with Gasteiger partial charge in [-0.3, -0.25) is 4.79 Å². The topological polar surface area (TPSA) is 51.2 Å². The Morgan fingerprint density at radius 3 is 2.62 bits per heavy atom. The molecule has 0 unspecified atom stereocenters. The SMILES string of the molecule is CCc1ccc(NC(=O)c2cc3cc4ccc(OC)cc4nc3s2)cc1. The van der Waals surface area contributed by atoms with Crippen molar-refractivity contribution < 1.29 is 9.53 Å². The molecule has 0 saturated heterocycles. The lowest BCUT2D eigenvalue weighted by Crippen LogP contribution is -2.09. The lowest BCUT2D eigenvalue weighted by atomic mass is 10.1. The summed E-state index contributed by atoms with van der Waals surface area (Å²) in [5.74, 6) is 0.660. The Bertz CT molecular complexity index is 1100. The summed E-state index contributed by atoms with van der Waals surface area (Å²) in [4.78, 5) is 18.8. The maximum absolute atomic E-state index is 12.6. The summed E-state index contributed by atoms with van der Waals surface area (Å²) >= 11 is 1.40. The molecular weight excluding hydrogens is 344 g/mol. The number of thiophene rings is 1. The van der Waals surface area contributed by atoms with Crippen LogP contribution in [0.3, 0.4) is 0 Å². The molecule has 0 spiro atoms. The minimum Gasteiger partial charge on any atom is -0.497 e. The Morgan fingerprint density at radius 2 is 1.88 bits per heavy atom. The molecule has 1 amide bonds. The number of pyridine rings is 1. The maximum Gasteiger partial charge on any atom is 0.265 e. The van der Waals surface area contributed by atoms with Crippen LogP contribution in [0.25, 0.3) is 21.1 Å². The molecule has 0 aliphatic heterocycles. The van der Waals surface area contributed by atoms with Crippen molar-refractivity contribution in [2.75, 3.05) is 12.4 Å². The van der Waals surface area contributed by atoms with Crippen molar-refractivity contribution in [2.24, 2.45) is 0 Å². The number of benzene rings is 2. The number of methoxy groups -OCH3 is 1. The van der Waals surface area contributed by atoms with Gasteiger partial charge < -0.3 is 10.1 Å². The number of rotatable bonds is 4. The summed E-state index contributed by atoms with van der Waals surface area (Å²) in [6.45, 7) is 2.11. The quantitative estimate of drug-likeness (QED) is 0.538. The Morgan fingerprint density at radius 1 is 1.08 bits per heavy atom. The molecule has 2 heterocycles. The highest BCUT2D eigenvalue weighted by atomic mass is 32.1. The Kier molecular flexibility index (Phi) is 4.31. The molecule has 0 bridgehead atoms. The number of fused-ring (bicyclic) bond motifs is 2. The van der Waals surface area contributed by atoms with Gasteiger partial charge in [-0.25, -0.2) is 4.98 Å². The van der Waals surface area contributed by atoms with E-state index in [4.69, 9.17) is 4.74 Å². The van der Waals surface area contributed by atoms with E-state index in [0.29, 0.717) is 4.88 Å². The summed E-state index contributed by atoms with van der Waals surface area (Å²) in [5.41, 5.74) is 2.91. The molecule has 4 nitrogen and oxygen atoms in total. The number of amides is 1. The van der Waals surface area contributed by atoms with Crippen molar-refractivity contribution in [1.82, 2.24) is 4.98 Å². The second kappa shape index (κ2) is 6.77. The van der Waals surface area contributed by atoms with Crippen LogP contribution >= 0.6 is 11.3 Å². The van der Waals surface area contributed by atoms with E-state index in [-0.39, 0.29) is 5.91 Å². The monoisotopic (exact) mass is 362 g/mol. The Balaban J connectivity index is 1.65. The third kappa shape index (κ3) is 3.13. The molecule has 4 aromatic rings. The maximum atomic E-state index is 12.6. The zero-order valence-corrected chi connectivity index (χ0v) is 15.4. The number of ether oxygens (including phenoxy) is 1. The highest BCUT2D eigenvalue weighted by Crippen LogP contribution is 2.29. The van der Waals surface area contributed by atoms with Crippen LogP contribution in [-0.4, -0.2) is 18.0 Å². The van der Waals surface area contributed by atoms with Gasteiger partial charge in [-0.1, -0.05) is 19.1 Å². The number of hydrogen-bond acceptors (Lipinski definition) is 4. The summed E-state index contributed by atoms with van der Waals surface area (Å²) in [6, 6.07) is 17.7. The molecule has 130 valence electrons. The van der Waals surface area contributed by atoms with E-state index in [2.05, 4.69) is 23.3 Å². The molecule has 0 fully saturated rings. The smallest absolute Gasteiger partial charge is 0.265 e. The van der Waals surface area contributed by atoms with Crippen molar-refractivity contribution >= 4 is 44.1 Å². The molecule has 5 heteroatoms. The van der Waals surface area contributed by atoms with E-state index < -0.39 is 0 Å². The van der Waals surface area contributed by atoms with Crippen molar-refractivity contribution in [1.29, 1.82) is 0 Å². The zero-order chi connectivity index (χ0) is 18.1. The summed E-state index contributed by atoms with van der Waals surface area (Å²) in [5, 5.41) is 4.95. The number of anilines is 1. The predicted molar refractivity (Wildman–Crippen MR) is 107 cm³/mol. The van der Waals surface area contributed by atoms with Gasteiger partial charge >= 0.3 is 0 Å². The molecule has 0 saturated carbocycles. The van der Waals surface area contributed by atoms with Gasteiger partial charge in [-0.2, -0.15) is 0 Å². The van der Waals surface area contributed by atoms with Gasteiger partial charge in [-0.05, 0) is 48.4 Å². The number of carbonyl (C=O) groups is 1. The van der Waals surface area contributed by atoms with Crippen LogP contribution in [0.15, 0.2) is 54.6 Å². The van der Waals surface area contributed by atoms with Crippen LogP contribution in [-0.2, 0) is 6.42 Å². The first-order chi connectivity index (χ1) is 12.7. The van der Waals surface area contributed by atoms with Gasteiger partial charge in [0.1, 0.15) is 10.6 Å². The fourth-order valence-electron chi connectivity index (χ4n) is 2.86. The first kappa shape index (κ1) is 16.5. The molecule has 0 atom stereocenters. The van der Waals surface area contributed by atoms with Gasteiger partial charge in [0.15, 0.2) is 0 Å². The van der Waals surface area contributed by atoms with Crippen LogP contribution < -0.4 is 10.1 Å². The first-order valence-corrected chi connectivity index (χ1v) is 9.26. The summed E-state index contributed by atoms with van der Waals surface area (Å²) < 4.78 is 5.26. The molecule has 26 heavy (non-hydrogen) atoms. The molecule has 0 aliphatic carbocycles. The van der Waals surface area contributed by atoms with Crippen LogP contribution in [0.2, 0.25) is 0 Å². The molecule has 1 N–H and O–H groups in total. The van der Waals surface area contributed by atoms with Crippen LogP contribution in [0.1, 0.15) is 22.2 Å². The lowest BCUT2D eigenvalue weighted by Gasteiger charge is -2.04. The molecule has 2 aromatic heterocycles. The molecular formula is C21H18N2O2S. The van der Waals surface area contributed by atoms with E-state index in [9.17, 15) is 4.79 Å². The normalized spacial score (nSPS) is 11.0. The molecule has 2 aromatic carbocycles. The van der Waals surface area contributed by atoms with Gasteiger partial charge in [0.2, 0.25) is 0 Å². The summed E-state index contributed by atoms with van der Waals surface area (Å²) in [7, 11) is 1.64. The number of nitrogens with zero attached hydrogens (tertiary/aromatic N) is 1. The molecule has 0 radical (unpaired) electrons. The van der Waals surface area contributed by atoms with Crippen molar-refractivity contribution in [3.8, 4) is 5.75 Å². The minimum absolute atomic E-state index is 0.112. The van der Waals surface area contributed by atoms with Crippen molar-refractivity contribution in [3.63, 3.8) is 0 Å². The fraction of sp³-hybridized carbons (Fsp3) is 0.143. The fourth-order valence-corrected chi connectivity index (χ4v) is 3.78. The number of aromatic nitrogens is 1. The van der Waals surface area contributed by atoms with Gasteiger partial charge in [0.05, 0.1) is 17.5 Å². The van der Waals surface area contributed by atoms with Crippen molar-refractivity contribution in [3.05, 3.63) is 65.0 Å². The minimum atomic E-state index is -0.112. The van der Waals surface area contributed by atoms with E-state index in [1.165, 1.54) is 16.9 Å². The van der Waals surface area contributed by atoms with E-state index in [0.717, 1.165) is 39.0 Å². The summed E-state index contributed by atoms with van der Waals surface area (Å²) in [6.07, 6.45) is 0.981. The number of carbonyl (C=O) groups excluding carboxylic acids is 1. The number of hydrogen-bond donors (Lipinski definition) is 1. The van der Waals surface area contributed by atoms with Crippen LogP contribution in [0.4, 0.5) is 5.69 Å². The van der Waals surface area contributed by atoms with E-state index in [1.54, 1.807) is 7.11 Å². The lowest BCUT2D eigenvalue weighted by molar-refractivity contribution is 0.103. The number of aryl methyl sites for hydroxylation is 1. The number of nitrogens with one attached hydrogen (secondary N) is 1. The zero-order valence-electron chi connectivity index (χ0n) is 14.6. The molecule has 4 rings (SSSR count). The van der Waals surface area contributed by atoms with E-state index >= 15 is 0 Å². The largest absolute Gasteiger partial charge is 0.497 e. The van der Waals surface area contributed by atoms with Gasteiger partial charge in [-0.15, -0.1) is 11.3 Å². The van der Waals surface area contributed by atoms with Crippen LogP contribution in [0, 0.1) is 0 Å². The Hall–Kier alpha value is -2.92. The third-order valence-electron chi connectivity index (χ3n) is 4.35. The second-order valence-electron chi connectivity index (χ2n) is 6.06. The first-order valence-electron chi connectivity index (χ1n) is 8.45. The van der Waals surface area contributed by atoms with E-state index in [1.807, 2.05) is 48.5 Å². The third-order valence-corrected chi connectivity index (χ3v) is 5.40. The Labute approximate surface area is 155 Å². The van der Waals surface area contributed by atoms with Crippen molar-refractivity contribution in [2.45, 2.75) is 13.3 Å². The standard InChI is InChI=1S/C21H18N2O2S/c1-3-13-4-7-16(8-5-13)22-20(24)19-11-15-10-14-6-9-17(25-2)12-18(14)23-21(15)26-19/h4-12H,3H2,1-2H3,(H,22,24). The highest BCUT2D eigenvalue weighted by molar-refractivity contribution is 7.20. The molecule has 0 aliphatic rings. The highest BCUT2D eigenvalue weighted by Gasteiger charge is 2.12.